The van der Waals surface area contributed by atoms with Crippen molar-refractivity contribution in [2.24, 2.45) is 5.84 Å². The predicted molar refractivity (Wildman–Crippen MR) is 80.4 cm³/mol. The van der Waals surface area contributed by atoms with Gasteiger partial charge in [-0.25, -0.2) is 0 Å². The minimum atomic E-state index is 0.260. The molecule has 1 atom stereocenters. The summed E-state index contributed by atoms with van der Waals surface area (Å²) in [5, 5.41) is 4.30. The fraction of sp³-hybridized carbons (Fsp3) is 0.333. The summed E-state index contributed by atoms with van der Waals surface area (Å²) in [4.78, 5) is 0. The highest BCUT2D eigenvalue weighted by Crippen LogP contribution is 2.20. The van der Waals surface area contributed by atoms with Crippen LogP contribution in [-0.4, -0.2) is 13.2 Å². The number of ether oxygens (including phenoxy) is 1. The maximum atomic E-state index is 5.66. The first-order valence-corrected chi connectivity index (χ1v) is 7.37. The monoisotopic (exact) mass is 276 g/mol. The third-order valence-corrected chi connectivity index (χ3v) is 3.99. The van der Waals surface area contributed by atoms with E-state index in [2.05, 4.69) is 28.3 Å². The topological polar surface area (TPSA) is 47.3 Å². The molecular formula is C15H20N2OS. The van der Waals surface area contributed by atoms with Gasteiger partial charge in [-0.05, 0) is 53.3 Å². The molecule has 1 unspecified atom stereocenters. The highest BCUT2D eigenvalue weighted by atomic mass is 32.1. The molecule has 2 aromatic rings. The number of thiophene rings is 1. The second-order valence-corrected chi connectivity index (χ2v) is 5.33. The molecule has 3 nitrogen and oxygen atoms in total. The molecule has 102 valence electrons. The van der Waals surface area contributed by atoms with Crippen LogP contribution in [-0.2, 0) is 12.8 Å². The summed E-state index contributed by atoms with van der Waals surface area (Å²) >= 11 is 1.74. The minimum absolute atomic E-state index is 0.260. The zero-order chi connectivity index (χ0) is 13.5. The van der Waals surface area contributed by atoms with E-state index in [1.807, 2.05) is 18.2 Å². The lowest BCUT2D eigenvalue weighted by atomic mass is 10.00. The Hall–Kier alpha value is -1.36. The molecule has 0 spiro atoms. The second kappa shape index (κ2) is 7.28. The molecule has 0 aliphatic carbocycles. The van der Waals surface area contributed by atoms with Crippen LogP contribution in [0.1, 0.15) is 17.5 Å². The second-order valence-electron chi connectivity index (χ2n) is 4.55. The number of rotatable bonds is 7. The fourth-order valence-corrected chi connectivity index (χ4v) is 2.86. The van der Waals surface area contributed by atoms with E-state index in [4.69, 9.17) is 10.6 Å². The molecule has 0 aliphatic rings. The summed E-state index contributed by atoms with van der Waals surface area (Å²) < 4.78 is 5.37. The zero-order valence-electron chi connectivity index (χ0n) is 11.1. The number of hydrogen-bond donors (Lipinski definition) is 2. The first kappa shape index (κ1) is 14.1. The third kappa shape index (κ3) is 4.06. The van der Waals surface area contributed by atoms with Crippen LogP contribution in [0.3, 0.4) is 0 Å². The Morgan fingerprint density at radius 2 is 2.16 bits per heavy atom. The smallest absolute Gasteiger partial charge is 0.122 e. The molecule has 0 bridgehead atoms. The molecule has 1 heterocycles. The third-order valence-electron chi connectivity index (χ3n) is 3.26. The van der Waals surface area contributed by atoms with E-state index in [0.717, 1.165) is 25.0 Å². The van der Waals surface area contributed by atoms with Crippen LogP contribution < -0.4 is 16.0 Å². The van der Waals surface area contributed by atoms with Crippen molar-refractivity contribution in [3.63, 3.8) is 0 Å². The van der Waals surface area contributed by atoms with Crippen LogP contribution in [0.15, 0.2) is 41.1 Å². The van der Waals surface area contributed by atoms with Crippen molar-refractivity contribution < 1.29 is 4.74 Å². The predicted octanol–water partition coefficient (Wildman–Crippen LogP) is 2.76. The zero-order valence-corrected chi connectivity index (χ0v) is 12.0. The molecule has 0 saturated heterocycles. The van der Waals surface area contributed by atoms with Crippen molar-refractivity contribution in [3.05, 3.63) is 52.2 Å². The Balaban J connectivity index is 1.94. The molecule has 0 saturated carbocycles. The van der Waals surface area contributed by atoms with Gasteiger partial charge in [0.1, 0.15) is 5.75 Å². The van der Waals surface area contributed by atoms with Crippen molar-refractivity contribution >= 4 is 11.3 Å². The molecule has 3 N–H and O–H groups in total. The van der Waals surface area contributed by atoms with E-state index >= 15 is 0 Å². The number of methoxy groups -OCH3 is 1. The van der Waals surface area contributed by atoms with Gasteiger partial charge in [0, 0.05) is 6.04 Å². The van der Waals surface area contributed by atoms with Crippen LogP contribution in [0.2, 0.25) is 0 Å². The number of nitrogens with two attached hydrogens (primary N) is 1. The van der Waals surface area contributed by atoms with E-state index in [0.29, 0.717) is 0 Å². The first-order valence-electron chi connectivity index (χ1n) is 6.42. The van der Waals surface area contributed by atoms with Crippen molar-refractivity contribution in [1.29, 1.82) is 0 Å². The summed E-state index contributed by atoms with van der Waals surface area (Å²) in [6.45, 7) is 0. The van der Waals surface area contributed by atoms with Gasteiger partial charge in [0.15, 0.2) is 0 Å². The number of hydrogen-bond acceptors (Lipinski definition) is 4. The molecule has 1 aromatic heterocycles. The molecule has 0 radical (unpaired) electrons. The van der Waals surface area contributed by atoms with Crippen molar-refractivity contribution in [1.82, 2.24) is 5.43 Å². The minimum Gasteiger partial charge on any atom is -0.496 e. The number of para-hydroxylation sites is 1. The number of hydrazine groups is 1. The van der Waals surface area contributed by atoms with Crippen LogP contribution in [0.5, 0.6) is 5.75 Å². The molecule has 19 heavy (non-hydrogen) atoms. The van der Waals surface area contributed by atoms with E-state index < -0.39 is 0 Å². The van der Waals surface area contributed by atoms with Crippen molar-refractivity contribution in [3.8, 4) is 5.75 Å². The fourth-order valence-electron chi connectivity index (χ4n) is 2.16. The van der Waals surface area contributed by atoms with Gasteiger partial charge >= 0.3 is 0 Å². The Morgan fingerprint density at radius 1 is 1.32 bits per heavy atom. The van der Waals surface area contributed by atoms with Crippen LogP contribution in [0.25, 0.3) is 0 Å². The highest BCUT2D eigenvalue weighted by molar-refractivity contribution is 7.07. The average molecular weight is 276 g/mol. The standard InChI is InChI=1S/C15H20N2OS/c1-18-15-5-3-2-4-13(15)10-14(17-16)7-6-12-8-9-19-11-12/h2-5,8-9,11,14,17H,6-7,10,16H2,1H3. The van der Waals surface area contributed by atoms with Gasteiger partial charge < -0.3 is 4.74 Å². The van der Waals surface area contributed by atoms with E-state index in [-0.39, 0.29) is 6.04 Å². The Bertz CT molecular complexity index is 485. The van der Waals surface area contributed by atoms with Gasteiger partial charge in [0.05, 0.1) is 7.11 Å². The van der Waals surface area contributed by atoms with E-state index in [9.17, 15) is 0 Å². The maximum Gasteiger partial charge on any atom is 0.122 e. The lowest BCUT2D eigenvalue weighted by Gasteiger charge is -2.17. The van der Waals surface area contributed by atoms with Crippen molar-refractivity contribution in [2.75, 3.05) is 7.11 Å². The van der Waals surface area contributed by atoms with Gasteiger partial charge in [-0.3, -0.25) is 11.3 Å². The lowest BCUT2D eigenvalue weighted by Crippen LogP contribution is -2.37. The van der Waals surface area contributed by atoms with Gasteiger partial charge in [-0.2, -0.15) is 11.3 Å². The molecule has 1 aromatic carbocycles. The van der Waals surface area contributed by atoms with E-state index in [1.54, 1.807) is 18.4 Å². The van der Waals surface area contributed by atoms with Crippen LogP contribution in [0, 0.1) is 0 Å². The number of aryl methyl sites for hydroxylation is 1. The Kier molecular flexibility index (Phi) is 5.39. The summed E-state index contributed by atoms with van der Waals surface area (Å²) in [6.07, 6.45) is 2.95. The summed E-state index contributed by atoms with van der Waals surface area (Å²) in [6, 6.07) is 10.5. The summed E-state index contributed by atoms with van der Waals surface area (Å²) in [5.74, 6) is 6.59. The molecule has 0 amide bonds. The van der Waals surface area contributed by atoms with Gasteiger partial charge in [0.2, 0.25) is 0 Å². The SMILES string of the molecule is COc1ccccc1CC(CCc1ccsc1)NN. The normalized spacial score (nSPS) is 12.3. The number of benzene rings is 1. The lowest BCUT2D eigenvalue weighted by molar-refractivity contribution is 0.403. The highest BCUT2D eigenvalue weighted by Gasteiger charge is 2.11. The van der Waals surface area contributed by atoms with Gasteiger partial charge in [-0.15, -0.1) is 0 Å². The van der Waals surface area contributed by atoms with Crippen LogP contribution in [0.4, 0.5) is 0 Å². The quantitative estimate of drug-likeness (QED) is 0.604. The number of nitrogens with one attached hydrogen (secondary N) is 1. The molecule has 2 rings (SSSR count). The molecule has 0 fully saturated rings. The van der Waals surface area contributed by atoms with Crippen molar-refractivity contribution in [2.45, 2.75) is 25.3 Å². The summed E-state index contributed by atoms with van der Waals surface area (Å²) in [7, 11) is 1.70. The molecule has 0 aliphatic heterocycles. The van der Waals surface area contributed by atoms with Crippen LogP contribution >= 0.6 is 11.3 Å². The Labute approximate surface area is 118 Å². The molecule has 4 heteroatoms. The molecular weight excluding hydrogens is 256 g/mol. The maximum absolute atomic E-state index is 5.66. The first-order chi connectivity index (χ1) is 9.33. The van der Waals surface area contributed by atoms with Gasteiger partial charge in [-0.1, -0.05) is 18.2 Å². The summed E-state index contributed by atoms with van der Waals surface area (Å²) in [5.41, 5.74) is 5.48. The largest absolute Gasteiger partial charge is 0.496 e. The van der Waals surface area contributed by atoms with E-state index in [1.165, 1.54) is 11.1 Å². The van der Waals surface area contributed by atoms with Gasteiger partial charge in [0.25, 0.3) is 0 Å². The average Bonchev–Trinajstić information content (AvgIpc) is 2.97. The Morgan fingerprint density at radius 3 is 2.84 bits per heavy atom.